The van der Waals surface area contributed by atoms with Crippen molar-refractivity contribution in [3.8, 4) is 34.8 Å². The molecule has 14 heteroatoms. The van der Waals surface area contributed by atoms with Gasteiger partial charge in [0.1, 0.15) is 16.9 Å². The maximum Gasteiger partial charge on any atom is 0.195 e. The van der Waals surface area contributed by atoms with Crippen molar-refractivity contribution in [2.75, 3.05) is 111 Å². The predicted octanol–water partition coefficient (Wildman–Crippen LogP) is 7.79. The van der Waals surface area contributed by atoms with Crippen molar-refractivity contribution in [3.63, 3.8) is 0 Å². The molecule has 0 atom stereocenters. The van der Waals surface area contributed by atoms with Crippen LogP contribution in [-0.2, 0) is 12.8 Å². The third kappa shape index (κ3) is 11.4. The summed E-state index contributed by atoms with van der Waals surface area (Å²) in [5.41, 5.74) is 5.38. The zero-order valence-corrected chi connectivity index (χ0v) is 38.8. The van der Waals surface area contributed by atoms with E-state index < -0.39 is 0 Å². The van der Waals surface area contributed by atoms with E-state index in [1.165, 1.54) is 0 Å². The van der Waals surface area contributed by atoms with Crippen molar-refractivity contribution >= 4 is 33.3 Å². The predicted molar refractivity (Wildman–Crippen MR) is 259 cm³/mol. The number of benzene rings is 4. The number of hydrogen-bond donors (Lipinski definition) is 0. The second-order valence-corrected chi connectivity index (χ2v) is 16.5. The molecule has 2 saturated heterocycles. The number of hydrogen-bond acceptors (Lipinski definition) is 14. The van der Waals surface area contributed by atoms with Gasteiger partial charge in [0.15, 0.2) is 33.9 Å². The highest BCUT2D eigenvalue weighted by molar-refractivity contribution is 5.82. The van der Waals surface area contributed by atoms with E-state index in [-0.39, 0.29) is 10.9 Å². The molecule has 4 aromatic carbocycles. The van der Waals surface area contributed by atoms with Crippen molar-refractivity contribution in [1.29, 1.82) is 5.26 Å². The highest BCUT2D eigenvalue weighted by Crippen LogP contribution is 2.33. The molecule has 0 radical (unpaired) electrons. The second kappa shape index (κ2) is 23.0. The van der Waals surface area contributed by atoms with Crippen LogP contribution >= 0.6 is 0 Å². The first-order chi connectivity index (χ1) is 32.3. The monoisotopic (exact) mass is 899 g/mol. The van der Waals surface area contributed by atoms with E-state index in [2.05, 4.69) is 43.9 Å². The molecule has 0 spiro atoms. The number of fused-ring (bicyclic) bond motifs is 2. The second-order valence-electron chi connectivity index (χ2n) is 16.5. The van der Waals surface area contributed by atoms with Gasteiger partial charge in [0, 0.05) is 81.3 Å². The maximum atomic E-state index is 12.9. The number of methoxy groups -OCH3 is 5. The summed E-state index contributed by atoms with van der Waals surface area (Å²) in [7, 11) is 7.96. The number of rotatable bonds is 17. The Balaban J connectivity index is 0.000000196. The Labute approximate surface area is 386 Å². The van der Waals surface area contributed by atoms with Gasteiger partial charge in [0.25, 0.3) is 0 Å². The van der Waals surface area contributed by atoms with E-state index in [0.717, 1.165) is 108 Å². The molecule has 0 saturated carbocycles. The lowest BCUT2D eigenvalue weighted by Gasteiger charge is -2.36. The van der Waals surface area contributed by atoms with Gasteiger partial charge in [-0.15, -0.1) is 0 Å². The number of nitrogens with zero attached hydrogens (tertiary/aromatic N) is 5. The topological polar surface area (TPSA) is 143 Å². The Morgan fingerprint density at radius 3 is 1.48 bits per heavy atom. The summed E-state index contributed by atoms with van der Waals surface area (Å²) in [6.45, 7) is 9.96. The minimum Gasteiger partial charge on any atom is -0.495 e. The molecule has 348 valence electrons. The molecule has 14 nitrogen and oxygen atoms in total. The van der Waals surface area contributed by atoms with Crippen LogP contribution in [-0.4, -0.2) is 111 Å². The number of unbranched alkanes of at least 4 members (excludes halogenated alkanes) is 2. The lowest BCUT2D eigenvalue weighted by Crippen LogP contribution is -2.46. The summed E-state index contributed by atoms with van der Waals surface area (Å²) in [6, 6.07) is 25.0. The highest BCUT2D eigenvalue weighted by atomic mass is 16.5. The summed E-state index contributed by atoms with van der Waals surface area (Å²) in [5.74, 6) is 3.07. The van der Waals surface area contributed by atoms with Gasteiger partial charge in [0.05, 0.1) is 76.2 Å². The summed E-state index contributed by atoms with van der Waals surface area (Å²) in [4.78, 5) is 35.5. The molecule has 0 unspecified atom stereocenters. The van der Waals surface area contributed by atoms with Gasteiger partial charge >= 0.3 is 0 Å². The Hall–Kier alpha value is -6.69. The van der Waals surface area contributed by atoms with Crippen LogP contribution < -0.4 is 44.3 Å². The molecule has 2 aliphatic rings. The minimum absolute atomic E-state index is 0.00243. The van der Waals surface area contributed by atoms with Gasteiger partial charge in [-0.3, -0.25) is 19.4 Å². The molecule has 0 amide bonds. The minimum atomic E-state index is -0.00887. The molecule has 0 bridgehead atoms. The van der Waals surface area contributed by atoms with Gasteiger partial charge in [-0.1, -0.05) is 18.2 Å². The van der Waals surface area contributed by atoms with Crippen LogP contribution in [0.5, 0.6) is 28.7 Å². The van der Waals surface area contributed by atoms with E-state index in [1.54, 1.807) is 72.3 Å². The first-order valence-corrected chi connectivity index (χ1v) is 22.7. The molecule has 2 aromatic heterocycles. The average Bonchev–Trinajstić information content (AvgIpc) is 3.37. The van der Waals surface area contributed by atoms with Gasteiger partial charge in [0.2, 0.25) is 0 Å². The van der Waals surface area contributed by atoms with Crippen molar-refractivity contribution in [2.45, 2.75) is 38.5 Å². The van der Waals surface area contributed by atoms with Gasteiger partial charge in [-0.05, 0) is 94.1 Å². The molecule has 2 fully saturated rings. The molecule has 8 rings (SSSR count). The van der Waals surface area contributed by atoms with E-state index in [0.29, 0.717) is 74.5 Å². The lowest BCUT2D eigenvalue weighted by molar-refractivity contribution is 0.252. The molecule has 0 aliphatic carbocycles. The van der Waals surface area contributed by atoms with Gasteiger partial charge in [-0.25, -0.2) is 0 Å². The summed E-state index contributed by atoms with van der Waals surface area (Å²) >= 11 is 0. The zero-order chi connectivity index (χ0) is 46.4. The molecule has 2 aliphatic heterocycles. The first kappa shape index (κ1) is 47.3. The maximum absolute atomic E-state index is 12.9. The number of anilines is 2. The van der Waals surface area contributed by atoms with Gasteiger partial charge < -0.3 is 42.3 Å². The van der Waals surface area contributed by atoms with Crippen LogP contribution in [0.4, 0.5) is 11.4 Å². The third-order valence-electron chi connectivity index (χ3n) is 12.6. The third-order valence-corrected chi connectivity index (χ3v) is 12.6. The summed E-state index contributed by atoms with van der Waals surface area (Å²) < 4.78 is 38.2. The van der Waals surface area contributed by atoms with E-state index >= 15 is 0 Å². The van der Waals surface area contributed by atoms with Gasteiger partial charge in [-0.2, -0.15) is 5.26 Å². The fourth-order valence-electron chi connectivity index (χ4n) is 8.74. The molecule has 6 aromatic rings. The van der Waals surface area contributed by atoms with Crippen LogP contribution in [0.15, 0.2) is 104 Å². The average molecular weight is 900 g/mol. The van der Waals surface area contributed by atoms with Crippen LogP contribution in [0.3, 0.4) is 0 Å². The van der Waals surface area contributed by atoms with Crippen LogP contribution in [0.2, 0.25) is 0 Å². The van der Waals surface area contributed by atoms with E-state index in [9.17, 15) is 9.59 Å². The number of para-hydroxylation sites is 2. The molecular weight excluding hydrogens is 839 g/mol. The van der Waals surface area contributed by atoms with E-state index in [4.69, 9.17) is 37.8 Å². The quantitative estimate of drug-likeness (QED) is 0.0822. The van der Waals surface area contributed by atoms with Crippen molar-refractivity contribution in [1.82, 2.24) is 9.80 Å². The number of ether oxygens (including phenoxy) is 5. The smallest absolute Gasteiger partial charge is 0.195 e. The van der Waals surface area contributed by atoms with Crippen LogP contribution in [0.25, 0.3) is 21.9 Å². The number of nitriles is 1. The van der Waals surface area contributed by atoms with Crippen LogP contribution in [0.1, 0.15) is 42.4 Å². The van der Waals surface area contributed by atoms with Crippen molar-refractivity contribution in [2.24, 2.45) is 0 Å². The largest absolute Gasteiger partial charge is 0.495 e. The number of piperazine rings is 2. The first-order valence-electron chi connectivity index (χ1n) is 22.7. The molecular formula is C52H61N5O9. The van der Waals surface area contributed by atoms with Crippen molar-refractivity contribution in [3.05, 3.63) is 122 Å². The normalized spacial score (nSPS) is 14.4. The standard InChI is InChI=1S/C26H29N3O4.C26H32N2O5/c1-31-24-15-22-23(16-25(24)32-2)33-18-20(26(22)30)7-3-4-9-28-10-12-29(13-11-28)21-8-5-6-19(14-21)17-27;1-30-22-10-5-4-9-21(22)28-14-12-27(13-15-28)11-7-6-8-19-18-33-23-17-25(32-3)24(31-2)16-20(23)26(19)29/h5-6,8,14-16,18H,3-4,7,9-13H2,1-2H3;4-5,9-10,16-18H,6-8,11-15H2,1-3H3. The Morgan fingerprint density at radius 1 is 0.530 bits per heavy atom. The molecule has 4 heterocycles. The Morgan fingerprint density at radius 2 is 1.00 bits per heavy atom. The summed E-state index contributed by atoms with van der Waals surface area (Å²) in [5, 5.41) is 10.1. The number of aryl methyl sites for hydroxylation is 2. The Kier molecular flexibility index (Phi) is 16.5. The SMILES string of the molecule is COc1cc2occ(CCCCN3CCN(c4cccc(C#N)c4)CC3)c(=O)c2cc1OC.COc1cc2occ(CCCCN3CCN(c4ccccc4OC)CC3)c(=O)c2cc1OC. The Bertz CT molecular complexity index is 2710. The molecule has 66 heavy (non-hydrogen) atoms. The fraction of sp³-hybridized carbons (Fsp3) is 0.404. The summed E-state index contributed by atoms with van der Waals surface area (Å²) in [6.07, 6.45) is 8.48. The van der Waals surface area contributed by atoms with Crippen molar-refractivity contribution < 1.29 is 32.5 Å². The lowest BCUT2D eigenvalue weighted by atomic mass is 10.1. The zero-order valence-electron chi connectivity index (χ0n) is 38.8. The van der Waals surface area contributed by atoms with Crippen LogP contribution in [0, 0.1) is 11.3 Å². The molecule has 0 N–H and O–H groups in total. The fourth-order valence-corrected chi connectivity index (χ4v) is 8.74. The van der Waals surface area contributed by atoms with E-state index in [1.807, 2.05) is 30.3 Å². The highest BCUT2D eigenvalue weighted by Gasteiger charge is 2.21.